The molecule has 1 saturated heterocycles. The summed E-state index contributed by atoms with van der Waals surface area (Å²) in [6, 6.07) is 10.2. The van der Waals surface area contributed by atoms with Gasteiger partial charge in [-0.3, -0.25) is 0 Å². The molecule has 1 aromatic carbocycles. The predicted molar refractivity (Wildman–Crippen MR) is 51.4 cm³/mol. The van der Waals surface area contributed by atoms with Gasteiger partial charge < -0.3 is 4.74 Å². The van der Waals surface area contributed by atoms with Gasteiger partial charge in [-0.05, 0) is 18.4 Å². The molecule has 2 rings (SSSR count). The van der Waals surface area contributed by atoms with Crippen molar-refractivity contribution in [3.8, 4) is 0 Å². The van der Waals surface area contributed by atoms with E-state index >= 15 is 0 Å². The molecule has 1 fully saturated rings. The number of hydrogen-bond donors (Lipinski definition) is 0. The van der Waals surface area contributed by atoms with Gasteiger partial charge in [-0.15, -0.1) is 0 Å². The lowest BCUT2D eigenvalue weighted by Gasteiger charge is -2.26. The number of nitrogens with zero attached hydrogens (tertiary/aromatic N) is 1. The van der Waals surface area contributed by atoms with Gasteiger partial charge in [0.05, 0.1) is 0 Å². The normalized spacial score (nSPS) is 27.8. The summed E-state index contributed by atoms with van der Waals surface area (Å²) >= 11 is 0. The summed E-state index contributed by atoms with van der Waals surface area (Å²) in [4.78, 5) is 0. The molecule has 0 N–H and O–H groups in total. The van der Waals surface area contributed by atoms with Crippen molar-refractivity contribution in [1.82, 2.24) is 5.32 Å². The summed E-state index contributed by atoms with van der Waals surface area (Å²) in [5.74, 6) is 0. The van der Waals surface area contributed by atoms with Gasteiger partial charge in [0.2, 0.25) is 0 Å². The lowest BCUT2D eigenvalue weighted by Crippen LogP contribution is -2.33. The summed E-state index contributed by atoms with van der Waals surface area (Å²) in [6.07, 6.45) is 2.14. The van der Waals surface area contributed by atoms with Crippen LogP contribution < -0.4 is 5.32 Å². The average molecular weight is 176 g/mol. The molecule has 1 aliphatic heterocycles. The van der Waals surface area contributed by atoms with Crippen LogP contribution in [0.4, 0.5) is 0 Å². The van der Waals surface area contributed by atoms with E-state index < -0.39 is 0 Å². The topological polar surface area (TPSA) is 23.3 Å². The Bertz CT molecular complexity index is 265. The number of rotatable bonds is 2. The Morgan fingerprint density at radius 3 is 2.62 bits per heavy atom. The summed E-state index contributed by atoms with van der Waals surface area (Å²) in [5, 5.41) is 4.53. The van der Waals surface area contributed by atoms with Crippen LogP contribution in [-0.4, -0.2) is 13.7 Å². The van der Waals surface area contributed by atoms with Gasteiger partial charge in [0.25, 0.3) is 0 Å². The van der Waals surface area contributed by atoms with Crippen LogP contribution in [0.25, 0.3) is 0 Å². The number of ether oxygens (including phenoxy) is 1. The highest BCUT2D eigenvalue weighted by atomic mass is 16.5. The third-order valence-electron chi connectivity index (χ3n) is 2.60. The fourth-order valence-corrected chi connectivity index (χ4v) is 1.88. The van der Waals surface area contributed by atoms with Crippen LogP contribution in [0, 0.1) is 0 Å². The molecule has 13 heavy (non-hydrogen) atoms. The predicted octanol–water partition coefficient (Wildman–Crippen LogP) is 1.88. The Labute approximate surface area is 78.9 Å². The van der Waals surface area contributed by atoms with E-state index in [1.807, 2.05) is 18.2 Å². The molecule has 0 aromatic heterocycles. The second-order valence-electron chi connectivity index (χ2n) is 3.34. The maximum Gasteiger partial charge on any atom is 0.159 e. The molecule has 1 radical (unpaired) electrons. The Kier molecular flexibility index (Phi) is 2.34. The highest BCUT2D eigenvalue weighted by molar-refractivity contribution is 5.22. The van der Waals surface area contributed by atoms with Crippen molar-refractivity contribution in [1.29, 1.82) is 0 Å². The van der Waals surface area contributed by atoms with Gasteiger partial charge in [-0.2, -0.15) is 0 Å². The third kappa shape index (κ3) is 1.47. The van der Waals surface area contributed by atoms with Gasteiger partial charge in [0, 0.05) is 13.7 Å². The van der Waals surface area contributed by atoms with Crippen LogP contribution in [0.5, 0.6) is 0 Å². The number of benzene rings is 1. The molecule has 69 valence electrons. The Hall–Kier alpha value is -0.860. The number of hydrogen-bond acceptors (Lipinski definition) is 1. The molecule has 2 nitrogen and oxygen atoms in total. The van der Waals surface area contributed by atoms with Crippen molar-refractivity contribution in [3.05, 3.63) is 35.9 Å². The summed E-state index contributed by atoms with van der Waals surface area (Å²) in [6.45, 7) is 0.919. The van der Waals surface area contributed by atoms with E-state index in [1.54, 1.807) is 7.11 Å². The lowest BCUT2D eigenvalue weighted by molar-refractivity contribution is -0.0316. The lowest BCUT2D eigenvalue weighted by atomic mass is 10.0. The Morgan fingerprint density at radius 2 is 2.08 bits per heavy atom. The highest BCUT2D eigenvalue weighted by Crippen LogP contribution is 2.32. The van der Waals surface area contributed by atoms with Crippen molar-refractivity contribution in [3.63, 3.8) is 0 Å². The standard InChI is InChI=1S/C11H14NO/c1-13-11(8-5-9-12-11)10-6-3-2-4-7-10/h2-4,6-7H,5,8-9H2,1H3. The maximum atomic E-state index is 5.52. The fourth-order valence-electron chi connectivity index (χ4n) is 1.88. The van der Waals surface area contributed by atoms with Gasteiger partial charge >= 0.3 is 0 Å². The molecular formula is C11H14NO. The van der Waals surface area contributed by atoms with Crippen LogP contribution in [0.2, 0.25) is 0 Å². The van der Waals surface area contributed by atoms with E-state index in [4.69, 9.17) is 4.74 Å². The largest absolute Gasteiger partial charge is 0.358 e. The second-order valence-corrected chi connectivity index (χ2v) is 3.34. The Morgan fingerprint density at radius 1 is 1.31 bits per heavy atom. The van der Waals surface area contributed by atoms with E-state index in [-0.39, 0.29) is 5.72 Å². The smallest absolute Gasteiger partial charge is 0.159 e. The van der Waals surface area contributed by atoms with Crippen molar-refractivity contribution >= 4 is 0 Å². The second kappa shape index (κ2) is 3.48. The van der Waals surface area contributed by atoms with E-state index in [2.05, 4.69) is 17.4 Å². The molecule has 0 aliphatic carbocycles. The van der Waals surface area contributed by atoms with Crippen LogP contribution in [0.15, 0.2) is 30.3 Å². The summed E-state index contributed by atoms with van der Waals surface area (Å²) in [5.41, 5.74) is 0.830. The minimum atomic E-state index is -0.346. The monoisotopic (exact) mass is 176 g/mol. The zero-order chi connectivity index (χ0) is 9.15. The fraction of sp³-hybridized carbons (Fsp3) is 0.455. The van der Waals surface area contributed by atoms with Crippen molar-refractivity contribution in [2.45, 2.75) is 18.6 Å². The first-order chi connectivity index (χ1) is 6.37. The zero-order valence-corrected chi connectivity index (χ0v) is 7.86. The molecular weight excluding hydrogens is 162 g/mol. The van der Waals surface area contributed by atoms with Crippen LogP contribution in [0.1, 0.15) is 18.4 Å². The van der Waals surface area contributed by atoms with Gasteiger partial charge in [0.15, 0.2) is 5.72 Å². The average Bonchev–Trinajstić information content (AvgIpc) is 2.69. The molecule has 1 aromatic rings. The first kappa shape index (κ1) is 8.73. The van der Waals surface area contributed by atoms with Gasteiger partial charge in [-0.1, -0.05) is 30.3 Å². The van der Waals surface area contributed by atoms with Gasteiger partial charge in [0.1, 0.15) is 0 Å². The number of methoxy groups -OCH3 is 1. The first-order valence-corrected chi connectivity index (χ1v) is 4.67. The molecule has 1 unspecified atom stereocenters. The minimum Gasteiger partial charge on any atom is -0.358 e. The van der Waals surface area contributed by atoms with E-state index in [9.17, 15) is 0 Å². The first-order valence-electron chi connectivity index (χ1n) is 4.67. The summed E-state index contributed by atoms with van der Waals surface area (Å²) < 4.78 is 5.52. The highest BCUT2D eigenvalue weighted by Gasteiger charge is 2.36. The Balaban J connectivity index is 2.31. The quantitative estimate of drug-likeness (QED) is 0.674. The SMILES string of the molecule is COC1(c2ccccc2)CCC[N]1. The van der Waals surface area contributed by atoms with Gasteiger partial charge in [-0.25, -0.2) is 5.32 Å². The molecule has 1 heterocycles. The zero-order valence-electron chi connectivity index (χ0n) is 7.86. The van der Waals surface area contributed by atoms with Crippen LogP contribution in [0.3, 0.4) is 0 Å². The molecule has 2 heteroatoms. The van der Waals surface area contributed by atoms with Crippen molar-refractivity contribution in [2.24, 2.45) is 0 Å². The van der Waals surface area contributed by atoms with Crippen molar-refractivity contribution in [2.75, 3.05) is 13.7 Å². The molecule has 0 spiro atoms. The minimum absolute atomic E-state index is 0.346. The maximum absolute atomic E-state index is 5.52. The molecule has 1 atom stereocenters. The van der Waals surface area contributed by atoms with Crippen LogP contribution >= 0.6 is 0 Å². The molecule has 0 saturated carbocycles. The molecule has 0 amide bonds. The van der Waals surface area contributed by atoms with E-state index in [1.165, 1.54) is 5.56 Å². The molecule has 1 aliphatic rings. The summed E-state index contributed by atoms with van der Waals surface area (Å²) in [7, 11) is 1.74. The third-order valence-corrected chi connectivity index (χ3v) is 2.60. The van der Waals surface area contributed by atoms with Crippen molar-refractivity contribution < 1.29 is 4.74 Å². The van der Waals surface area contributed by atoms with E-state index in [0.29, 0.717) is 0 Å². The van der Waals surface area contributed by atoms with E-state index in [0.717, 1.165) is 19.4 Å². The molecule has 0 bridgehead atoms. The van der Waals surface area contributed by atoms with Crippen LogP contribution in [-0.2, 0) is 10.5 Å².